The largest absolute Gasteiger partial charge is 0.479 e. The van der Waals surface area contributed by atoms with Crippen molar-refractivity contribution in [3.8, 4) is 0 Å². The first-order valence-electron chi connectivity index (χ1n) is 5.36. The summed E-state index contributed by atoms with van der Waals surface area (Å²) in [6.45, 7) is 6.85. The predicted octanol–water partition coefficient (Wildman–Crippen LogP) is 1.12. The highest BCUT2D eigenvalue weighted by atomic mass is 16.5. The summed E-state index contributed by atoms with van der Waals surface area (Å²) < 4.78 is 5.08. The highest BCUT2D eigenvalue weighted by molar-refractivity contribution is 5.86. The molecular weight excluding hydrogens is 210 g/mol. The lowest BCUT2D eigenvalue weighted by atomic mass is 9.93. The number of ether oxygens (including phenoxy) is 1. The summed E-state index contributed by atoms with van der Waals surface area (Å²) in [4.78, 5) is 24.2. The number of aliphatic carboxylic acids is 1. The van der Waals surface area contributed by atoms with E-state index in [1.54, 1.807) is 6.92 Å². The van der Waals surface area contributed by atoms with Gasteiger partial charge in [0.25, 0.3) is 0 Å². The summed E-state index contributed by atoms with van der Waals surface area (Å²) >= 11 is 0. The quantitative estimate of drug-likeness (QED) is 0.744. The number of carbonyl (C=O) groups is 2. The van der Waals surface area contributed by atoms with Crippen LogP contribution in [0.3, 0.4) is 0 Å². The molecule has 0 heterocycles. The molecule has 0 aromatic carbocycles. The Bertz CT molecular complexity index is 267. The zero-order valence-corrected chi connectivity index (χ0v) is 10.6. The van der Waals surface area contributed by atoms with E-state index in [9.17, 15) is 14.7 Å². The van der Waals surface area contributed by atoms with Crippen LogP contribution in [0, 0.1) is 0 Å². The lowest BCUT2D eigenvalue weighted by Crippen LogP contribution is -2.61. The van der Waals surface area contributed by atoms with Gasteiger partial charge in [-0.15, -0.1) is 0 Å². The van der Waals surface area contributed by atoms with Crippen LogP contribution in [0.4, 0.5) is 0 Å². The minimum Gasteiger partial charge on any atom is -0.479 e. The monoisotopic (exact) mass is 231 g/mol. The maximum Gasteiger partial charge on any atom is 0.332 e. The standard InChI is InChI=1S/C11H21NO4/c1-6-7-12(9(3)13)11(4,10(14)15)8(2)16-5/h8H,6-7H2,1-5H3,(H,14,15). The molecular formula is C11H21NO4. The van der Waals surface area contributed by atoms with E-state index in [2.05, 4.69) is 0 Å². The molecule has 94 valence electrons. The first-order valence-corrected chi connectivity index (χ1v) is 5.36. The van der Waals surface area contributed by atoms with Crippen LogP contribution in [0.25, 0.3) is 0 Å². The highest BCUT2D eigenvalue weighted by Crippen LogP contribution is 2.23. The second kappa shape index (κ2) is 5.84. The second-order valence-electron chi connectivity index (χ2n) is 4.00. The van der Waals surface area contributed by atoms with Crippen LogP contribution in [0.2, 0.25) is 0 Å². The van der Waals surface area contributed by atoms with Gasteiger partial charge in [0.1, 0.15) is 0 Å². The number of amides is 1. The van der Waals surface area contributed by atoms with Crippen LogP contribution < -0.4 is 0 Å². The van der Waals surface area contributed by atoms with Gasteiger partial charge >= 0.3 is 5.97 Å². The van der Waals surface area contributed by atoms with Crippen molar-refractivity contribution < 1.29 is 19.4 Å². The van der Waals surface area contributed by atoms with Crippen molar-refractivity contribution in [2.45, 2.75) is 45.8 Å². The molecule has 2 atom stereocenters. The normalized spacial score (nSPS) is 16.3. The third-order valence-corrected chi connectivity index (χ3v) is 2.97. The Hall–Kier alpha value is -1.10. The number of rotatable bonds is 6. The molecule has 2 unspecified atom stereocenters. The van der Waals surface area contributed by atoms with Gasteiger partial charge in [-0.05, 0) is 20.3 Å². The molecule has 1 N–H and O–H groups in total. The Morgan fingerprint density at radius 1 is 1.50 bits per heavy atom. The van der Waals surface area contributed by atoms with Gasteiger partial charge in [0, 0.05) is 20.6 Å². The summed E-state index contributed by atoms with van der Waals surface area (Å²) in [5.41, 5.74) is -1.32. The van der Waals surface area contributed by atoms with Crippen LogP contribution in [0.5, 0.6) is 0 Å². The zero-order chi connectivity index (χ0) is 12.9. The molecule has 0 saturated carbocycles. The fraction of sp³-hybridized carbons (Fsp3) is 0.818. The van der Waals surface area contributed by atoms with Crippen molar-refractivity contribution in [1.82, 2.24) is 4.90 Å². The fourth-order valence-electron chi connectivity index (χ4n) is 1.68. The Morgan fingerprint density at radius 2 is 2.00 bits per heavy atom. The Balaban J connectivity index is 5.28. The molecule has 0 aromatic heterocycles. The smallest absolute Gasteiger partial charge is 0.332 e. The number of nitrogens with zero attached hydrogens (tertiary/aromatic N) is 1. The molecule has 5 heteroatoms. The molecule has 1 amide bonds. The molecule has 0 aliphatic carbocycles. The zero-order valence-electron chi connectivity index (χ0n) is 10.6. The Labute approximate surface area is 96.4 Å². The molecule has 0 bridgehead atoms. The second-order valence-corrected chi connectivity index (χ2v) is 4.00. The van der Waals surface area contributed by atoms with Crippen molar-refractivity contribution in [3.63, 3.8) is 0 Å². The van der Waals surface area contributed by atoms with Gasteiger partial charge in [-0.1, -0.05) is 6.92 Å². The molecule has 0 spiro atoms. The molecule has 0 aliphatic heterocycles. The van der Waals surface area contributed by atoms with Gasteiger partial charge in [-0.2, -0.15) is 0 Å². The van der Waals surface area contributed by atoms with E-state index in [0.29, 0.717) is 13.0 Å². The molecule has 5 nitrogen and oxygen atoms in total. The first kappa shape index (κ1) is 14.9. The SMILES string of the molecule is CCCN(C(C)=O)C(C)(C(=O)O)C(C)OC. The number of carboxylic acids is 1. The van der Waals surface area contributed by atoms with Gasteiger partial charge in [0.15, 0.2) is 5.54 Å². The number of hydrogen-bond donors (Lipinski definition) is 1. The van der Waals surface area contributed by atoms with Crippen molar-refractivity contribution in [2.75, 3.05) is 13.7 Å². The molecule has 0 saturated heterocycles. The van der Waals surface area contributed by atoms with E-state index in [0.717, 1.165) is 0 Å². The van der Waals surface area contributed by atoms with E-state index in [-0.39, 0.29) is 5.91 Å². The summed E-state index contributed by atoms with van der Waals surface area (Å²) in [6.07, 6.45) is 0.138. The summed E-state index contributed by atoms with van der Waals surface area (Å²) in [7, 11) is 1.44. The molecule has 0 aliphatic rings. The van der Waals surface area contributed by atoms with Crippen LogP contribution in [0.15, 0.2) is 0 Å². The number of hydrogen-bond acceptors (Lipinski definition) is 3. The lowest BCUT2D eigenvalue weighted by molar-refractivity contribution is -0.166. The maximum absolute atomic E-state index is 11.5. The van der Waals surface area contributed by atoms with Crippen molar-refractivity contribution >= 4 is 11.9 Å². The van der Waals surface area contributed by atoms with Gasteiger partial charge < -0.3 is 14.7 Å². The fourth-order valence-corrected chi connectivity index (χ4v) is 1.68. The van der Waals surface area contributed by atoms with Gasteiger partial charge in [0.2, 0.25) is 5.91 Å². The third kappa shape index (κ3) is 2.72. The van der Waals surface area contributed by atoms with Crippen molar-refractivity contribution in [2.24, 2.45) is 0 Å². The van der Waals surface area contributed by atoms with E-state index in [4.69, 9.17) is 4.74 Å². The molecule has 0 fully saturated rings. The summed E-state index contributed by atoms with van der Waals surface area (Å²) in [5.74, 6) is -1.30. The number of carboxylic acid groups (broad SMARTS) is 1. The topological polar surface area (TPSA) is 66.8 Å². The third-order valence-electron chi connectivity index (χ3n) is 2.97. The molecule has 16 heavy (non-hydrogen) atoms. The van der Waals surface area contributed by atoms with E-state index in [1.807, 2.05) is 6.92 Å². The number of carbonyl (C=O) groups excluding carboxylic acids is 1. The Kier molecular flexibility index (Phi) is 5.44. The van der Waals surface area contributed by atoms with Crippen LogP contribution in [0.1, 0.15) is 34.1 Å². The minimum atomic E-state index is -1.32. The maximum atomic E-state index is 11.5. The van der Waals surface area contributed by atoms with Crippen LogP contribution in [-0.2, 0) is 14.3 Å². The molecule has 0 aromatic rings. The van der Waals surface area contributed by atoms with Gasteiger partial charge in [0.05, 0.1) is 6.10 Å². The van der Waals surface area contributed by atoms with Gasteiger partial charge in [-0.25, -0.2) is 4.79 Å². The average molecular weight is 231 g/mol. The highest BCUT2D eigenvalue weighted by Gasteiger charge is 2.46. The van der Waals surface area contributed by atoms with Gasteiger partial charge in [-0.3, -0.25) is 4.79 Å². The molecule has 0 radical (unpaired) electrons. The van der Waals surface area contributed by atoms with E-state index in [1.165, 1.54) is 25.9 Å². The van der Waals surface area contributed by atoms with Crippen LogP contribution >= 0.6 is 0 Å². The Morgan fingerprint density at radius 3 is 2.25 bits per heavy atom. The first-order chi connectivity index (χ1) is 7.32. The molecule has 0 rings (SSSR count). The van der Waals surface area contributed by atoms with Crippen LogP contribution in [-0.4, -0.2) is 47.2 Å². The summed E-state index contributed by atoms with van der Waals surface area (Å²) in [6, 6.07) is 0. The minimum absolute atomic E-state index is 0.254. The lowest BCUT2D eigenvalue weighted by Gasteiger charge is -2.40. The van der Waals surface area contributed by atoms with Crippen molar-refractivity contribution in [1.29, 1.82) is 0 Å². The van der Waals surface area contributed by atoms with Crippen molar-refractivity contribution in [3.05, 3.63) is 0 Å². The summed E-state index contributed by atoms with van der Waals surface area (Å²) in [5, 5.41) is 9.31. The average Bonchev–Trinajstić information content (AvgIpc) is 2.22. The predicted molar refractivity (Wildman–Crippen MR) is 60.2 cm³/mol. The number of methoxy groups -OCH3 is 1. The van der Waals surface area contributed by atoms with E-state index < -0.39 is 17.6 Å². The van der Waals surface area contributed by atoms with E-state index >= 15 is 0 Å².